The molecule has 0 bridgehead atoms. The highest BCUT2D eigenvalue weighted by Gasteiger charge is 2.19. The van der Waals surface area contributed by atoms with E-state index in [2.05, 4.69) is 32.4 Å². The molecule has 5 nitrogen and oxygen atoms in total. The fraction of sp³-hybridized carbons (Fsp3) is 0.200. The summed E-state index contributed by atoms with van der Waals surface area (Å²) in [5.41, 5.74) is 2.94. The zero-order valence-electron chi connectivity index (χ0n) is 11.3. The van der Waals surface area contributed by atoms with Gasteiger partial charge in [-0.25, -0.2) is 8.91 Å². The van der Waals surface area contributed by atoms with E-state index in [9.17, 15) is 4.39 Å². The van der Waals surface area contributed by atoms with Crippen LogP contribution in [0.5, 0.6) is 0 Å². The number of rotatable bonds is 1. The van der Waals surface area contributed by atoms with Crippen LogP contribution < -0.4 is 10.2 Å². The minimum atomic E-state index is -0.322. The number of nitrogens with one attached hydrogen (secondary N) is 1. The van der Waals surface area contributed by atoms with Crippen molar-refractivity contribution in [2.75, 3.05) is 18.0 Å². The first-order valence-electron chi connectivity index (χ1n) is 6.89. The van der Waals surface area contributed by atoms with Crippen LogP contribution in [0, 0.1) is 5.82 Å². The molecule has 0 atom stereocenters. The lowest BCUT2D eigenvalue weighted by molar-refractivity contribution is 0.614. The Morgan fingerprint density at radius 1 is 1.14 bits per heavy atom. The van der Waals surface area contributed by atoms with Gasteiger partial charge in [0, 0.05) is 25.3 Å². The Hall–Kier alpha value is -2.47. The summed E-state index contributed by atoms with van der Waals surface area (Å²) in [6.45, 7) is 2.45. The number of aromatic nitrogens is 3. The summed E-state index contributed by atoms with van der Waals surface area (Å²) in [4.78, 5) is 6.57. The number of hydrogen-bond donors (Lipinski definition) is 1. The van der Waals surface area contributed by atoms with Crippen LogP contribution in [0.4, 0.5) is 16.0 Å². The van der Waals surface area contributed by atoms with Crippen LogP contribution in [0.2, 0.25) is 0 Å². The highest BCUT2D eigenvalue weighted by molar-refractivity contribution is 5.63. The molecular weight excluding hydrogens is 269 g/mol. The Labute approximate surface area is 121 Å². The van der Waals surface area contributed by atoms with E-state index >= 15 is 0 Å². The van der Waals surface area contributed by atoms with E-state index in [4.69, 9.17) is 0 Å². The minimum Gasteiger partial charge on any atom is -0.311 e. The molecule has 2 aromatic heterocycles. The van der Waals surface area contributed by atoms with Crippen LogP contribution in [0.1, 0.15) is 5.56 Å². The highest BCUT2D eigenvalue weighted by atomic mass is 19.1. The molecule has 1 N–H and O–H groups in total. The van der Waals surface area contributed by atoms with Crippen LogP contribution in [0.15, 0.2) is 42.6 Å². The molecule has 3 heterocycles. The number of benzene rings is 1. The summed E-state index contributed by atoms with van der Waals surface area (Å²) in [6.07, 6.45) is 1.34. The summed E-state index contributed by atoms with van der Waals surface area (Å²) >= 11 is 0. The maximum atomic E-state index is 13.3. The largest absolute Gasteiger partial charge is 0.311 e. The number of para-hydroxylation sites is 1. The first-order valence-corrected chi connectivity index (χ1v) is 6.89. The fourth-order valence-corrected chi connectivity index (χ4v) is 2.63. The monoisotopic (exact) mass is 283 g/mol. The molecule has 0 saturated carbocycles. The number of nitrogens with zero attached hydrogens (tertiary/aromatic N) is 4. The van der Waals surface area contributed by atoms with Gasteiger partial charge in [-0.3, -0.25) is 0 Å². The maximum absolute atomic E-state index is 13.3. The van der Waals surface area contributed by atoms with Gasteiger partial charge in [-0.2, -0.15) is 4.98 Å². The van der Waals surface area contributed by atoms with Gasteiger partial charge in [0.25, 0.3) is 0 Å². The van der Waals surface area contributed by atoms with Gasteiger partial charge in [-0.15, -0.1) is 5.10 Å². The number of fused-ring (bicyclic) bond motifs is 2. The van der Waals surface area contributed by atoms with Crippen molar-refractivity contribution in [2.45, 2.75) is 6.54 Å². The summed E-state index contributed by atoms with van der Waals surface area (Å²) in [5, 5.41) is 7.78. The number of halogens is 1. The lowest BCUT2D eigenvalue weighted by Gasteiger charge is -2.20. The van der Waals surface area contributed by atoms with Gasteiger partial charge < -0.3 is 10.2 Å². The third-order valence-electron chi connectivity index (χ3n) is 3.64. The van der Waals surface area contributed by atoms with E-state index in [1.54, 1.807) is 6.07 Å². The Kier molecular flexibility index (Phi) is 2.82. The van der Waals surface area contributed by atoms with E-state index in [0.717, 1.165) is 25.3 Å². The molecule has 0 spiro atoms. The summed E-state index contributed by atoms with van der Waals surface area (Å²) < 4.78 is 14.8. The quantitative estimate of drug-likeness (QED) is 0.743. The van der Waals surface area contributed by atoms with Crippen LogP contribution in [0.25, 0.3) is 5.65 Å². The second-order valence-electron chi connectivity index (χ2n) is 5.02. The normalized spacial score (nSPS) is 15.0. The predicted molar refractivity (Wildman–Crippen MR) is 78.1 cm³/mol. The van der Waals surface area contributed by atoms with Crippen LogP contribution in [-0.2, 0) is 6.54 Å². The van der Waals surface area contributed by atoms with Crippen molar-refractivity contribution >= 4 is 17.3 Å². The molecule has 1 aliphatic rings. The van der Waals surface area contributed by atoms with Gasteiger partial charge >= 0.3 is 0 Å². The lowest BCUT2D eigenvalue weighted by atomic mass is 10.1. The van der Waals surface area contributed by atoms with E-state index in [0.29, 0.717) is 11.6 Å². The molecule has 106 valence electrons. The maximum Gasteiger partial charge on any atom is 0.250 e. The molecule has 0 aliphatic carbocycles. The summed E-state index contributed by atoms with van der Waals surface area (Å²) in [7, 11) is 0. The van der Waals surface area contributed by atoms with E-state index < -0.39 is 0 Å². The number of pyridine rings is 1. The molecule has 0 fully saturated rings. The van der Waals surface area contributed by atoms with Gasteiger partial charge in [-0.05, 0) is 23.8 Å². The van der Waals surface area contributed by atoms with Gasteiger partial charge in [0.1, 0.15) is 5.82 Å². The zero-order valence-corrected chi connectivity index (χ0v) is 11.3. The van der Waals surface area contributed by atoms with Crippen LogP contribution in [0.3, 0.4) is 0 Å². The van der Waals surface area contributed by atoms with Crippen molar-refractivity contribution in [3.05, 3.63) is 54.0 Å². The third kappa shape index (κ3) is 2.13. The molecular formula is C15H14FN5. The molecule has 3 aromatic rings. The molecule has 0 saturated heterocycles. The lowest BCUT2D eigenvalue weighted by Crippen LogP contribution is -2.25. The van der Waals surface area contributed by atoms with E-state index in [1.807, 2.05) is 12.1 Å². The first-order chi connectivity index (χ1) is 10.3. The van der Waals surface area contributed by atoms with Crippen molar-refractivity contribution in [1.82, 2.24) is 19.9 Å². The van der Waals surface area contributed by atoms with Gasteiger partial charge in [-0.1, -0.05) is 18.2 Å². The average Bonchev–Trinajstić information content (AvgIpc) is 2.78. The van der Waals surface area contributed by atoms with Crippen molar-refractivity contribution in [3.8, 4) is 0 Å². The Bertz CT molecular complexity index is 798. The van der Waals surface area contributed by atoms with Crippen molar-refractivity contribution in [3.63, 3.8) is 0 Å². The highest BCUT2D eigenvalue weighted by Crippen LogP contribution is 2.27. The number of hydrogen-bond acceptors (Lipinski definition) is 4. The first kappa shape index (κ1) is 12.3. The average molecular weight is 283 g/mol. The Morgan fingerprint density at radius 2 is 2.05 bits per heavy atom. The summed E-state index contributed by atoms with van der Waals surface area (Å²) in [5.74, 6) is 0.272. The van der Waals surface area contributed by atoms with Gasteiger partial charge in [0.15, 0.2) is 5.65 Å². The van der Waals surface area contributed by atoms with Crippen molar-refractivity contribution < 1.29 is 4.39 Å². The molecule has 0 radical (unpaired) electrons. The molecule has 6 heteroatoms. The molecule has 1 aliphatic heterocycles. The van der Waals surface area contributed by atoms with Crippen molar-refractivity contribution in [1.29, 1.82) is 0 Å². The minimum absolute atomic E-state index is 0.322. The van der Waals surface area contributed by atoms with Crippen molar-refractivity contribution in [2.24, 2.45) is 0 Å². The number of anilines is 2. The van der Waals surface area contributed by atoms with E-state index in [-0.39, 0.29) is 5.82 Å². The molecule has 1 aromatic carbocycles. The second kappa shape index (κ2) is 4.82. The van der Waals surface area contributed by atoms with Gasteiger partial charge in [0.2, 0.25) is 5.95 Å². The standard InChI is InChI=1S/C15H14FN5/c16-12-5-6-14-18-15(19-21(14)10-12)20-8-7-17-9-11-3-1-2-4-13(11)20/h1-6,10,17H,7-9H2. The van der Waals surface area contributed by atoms with Crippen LogP contribution in [-0.4, -0.2) is 27.7 Å². The zero-order chi connectivity index (χ0) is 14.2. The molecule has 21 heavy (non-hydrogen) atoms. The molecule has 4 rings (SSSR count). The van der Waals surface area contributed by atoms with Crippen LogP contribution >= 0.6 is 0 Å². The third-order valence-corrected chi connectivity index (χ3v) is 3.64. The second-order valence-corrected chi connectivity index (χ2v) is 5.02. The van der Waals surface area contributed by atoms with E-state index in [1.165, 1.54) is 22.3 Å². The fourth-order valence-electron chi connectivity index (χ4n) is 2.63. The van der Waals surface area contributed by atoms with Gasteiger partial charge in [0.05, 0.1) is 6.20 Å². The molecule has 0 amide bonds. The molecule has 0 unspecified atom stereocenters. The SMILES string of the molecule is Fc1ccc2nc(N3CCNCc4ccccc43)nn2c1. The smallest absolute Gasteiger partial charge is 0.250 e. The predicted octanol–water partition coefficient (Wildman–Crippen LogP) is 2.11. The Balaban J connectivity index is 1.84. The summed E-state index contributed by atoms with van der Waals surface area (Å²) in [6, 6.07) is 11.2. The Morgan fingerprint density at radius 3 is 3.00 bits per heavy atom. The topological polar surface area (TPSA) is 45.5 Å².